The Kier molecular flexibility index (Phi) is 6.02. The summed E-state index contributed by atoms with van der Waals surface area (Å²) >= 11 is 1.74. The van der Waals surface area contributed by atoms with Crippen molar-refractivity contribution in [1.29, 1.82) is 0 Å². The standard InChI is InChI=1S/C44H23N5O4S/c1-2-42(54-15-1)26-7-13-40-34(18-26)32-16-24(5-11-38(32)52-40)25-6-12-39-33(17-25)35-21-29(8-14-41(35)53-39)49-36-9-3-27(43-47-45-22-50-43)19-30(36)31-20-28(4-10-37(31)49)44-48-46-23-51-44/h1-23H. The summed E-state index contributed by atoms with van der Waals surface area (Å²) in [6.45, 7) is 0. The first-order valence-corrected chi connectivity index (χ1v) is 18.2. The summed E-state index contributed by atoms with van der Waals surface area (Å²) in [7, 11) is 0. The van der Waals surface area contributed by atoms with E-state index in [9.17, 15) is 0 Å². The van der Waals surface area contributed by atoms with Gasteiger partial charge in [0.15, 0.2) is 0 Å². The minimum Gasteiger partial charge on any atom is -0.456 e. The number of aromatic nitrogens is 5. The molecule has 0 unspecified atom stereocenters. The Morgan fingerprint density at radius 2 is 0.926 bits per heavy atom. The zero-order valence-electron chi connectivity index (χ0n) is 28.1. The molecular weight excluding hydrogens is 695 g/mol. The minimum atomic E-state index is 0.455. The van der Waals surface area contributed by atoms with E-state index in [4.69, 9.17) is 17.7 Å². The third kappa shape index (κ3) is 4.37. The molecule has 6 heterocycles. The second-order valence-electron chi connectivity index (χ2n) is 13.3. The van der Waals surface area contributed by atoms with Gasteiger partial charge in [0.25, 0.3) is 0 Å². The van der Waals surface area contributed by atoms with Gasteiger partial charge in [0, 0.05) is 54.0 Å². The van der Waals surface area contributed by atoms with E-state index in [1.54, 1.807) is 11.3 Å². The van der Waals surface area contributed by atoms with Crippen LogP contribution in [-0.2, 0) is 0 Å². The molecule has 9 nitrogen and oxygen atoms in total. The molecule has 254 valence electrons. The van der Waals surface area contributed by atoms with Gasteiger partial charge in [0.1, 0.15) is 22.3 Å². The van der Waals surface area contributed by atoms with Crippen LogP contribution in [0, 0.1) is 0 Å². The summed E-state index contributed by atoms with van der Waals surface area (Å²) in [4.78, 5) is 1.24. The van der Waals surface area contributed by atoms with Crippen molar-refractivity contribution in [2.45, 2.75) is 0 Å². The molecule has 0 atom stereocenters. The Morgan fingerprint density at radius 3 is 1.44 bits per heavy atom. The highest BCUT2D eigenvalue weighted by molar-refractivity contribution is 7.13. The van der Waals surface area contributed by atoms with Gasteiger partial charge in [-0.25, -0.2) is 0 Å². The minimum absolute atomic E-state index is 0.455. The second kappa shape index (κ2) is 11.1. The van der Waals surface area contributed by atoms with Crippen LogP contribution < -0.4 is 0 Å². The normalized spacial score (nSPS) is 12.1. The van der Waals surface area contributed by atoms with E-state index in [1.165, 1.54) is 23.2 Å². The van der Waals surface area contributed by atoms with Crippen molar-refractivity contribution in [1.82, 2.24) is 25.0 Å². The number of hydrogen-bond acceptors (Lipinski definition) is 9. The number of thiophene rings is 1. The quantitative estimate of drug-likeness (QED) is 0.173. The Labute approximate surface area is 308 Å². The monoisotopic (exact) mass is 717 g/mol. The van der Waals surface area contributed by atoms with Crippen molar-refractivity contribution >= 4 is 77.0 Å². The van der Waals surface area contributed by atoms with Crippen LogP contribution in [0.15, 0.2) is 157 Å². The first-order chi connectivity index (χ1) is 26.7. The average molecular weight is 718 g/mol. The molecule has 0 spiro atoms. The van der Waals surface area contributed by atoms with Gasteiger partial charge in [-0.3, -0.25) is 0 Å². The second-order valence-corrected chi connectivity index (χ2v) is 14.2. The van der Waals surface area contributed by atoms with Crippen molar-refractivity contribution < 1.29 is 17.7 Å². The van der Waals surface area contributed by atoms with Crippen molar-refractivity contribution in [2.75, 3.05) is 0 Å². The Morgan fingerprint density at radius 1 is 0.444 bits per heavy atom. The average Bonchev–Trinajstić information content (AvgIpc) is 4.08. The fraction of sp³-hybridized carbons (Fsp3) is 0. The van der Waals surface area contributed by atoms with Crippen molar-refractivity contribution in [3.05, 3.63) is 139 Å². The van der Waals surface area contributed by atoms with Gasteiger partial charge >= 0.3 is 0 Å². The van der Waals surface area contributed by atoms with E-state index < -0.39 is 0 Å². The van der Waals surface area contributed by atoms with E-state index in [1.807, 2.05) is 12.1 Å². The Balaban J connectivity index is 1.02. The summed E-state index contributed by atoms with van der Waals surface area (Å²) < 4.78 is 26.0. The molecule has 0 bridgehead atoms. The summed E-state index contributed by atoms with van der Waals surface area (Å²) in [5.74, 6) is 0.910. The first-order valence-electron chi connectivity index (χ1n) is 17.3. The molecule has 0 N–H and O–H groups in total. The van der Waals surface area contributed by atoms with Crippen molar-refractivity contribution in [3.63, 3.8) is 0 Å². The molecule has 0 fully saturated rings. The lowest BCUT2D eigenvalue weighted by atomic mass is 10.00. The summed E-state index contributed by atoms with van der Waals surface area (Å²) in [5.41, 5.74) is 11.5. The van der Waals surface area contributed by atoms with E-state index in [2.05, 4.69) is 140 Å². The topological polar surface area (TPSA) is 109 Å². The molecule has 0 amide bonds. The lowest BCUT2D eigenvalue weighted by Crippen LogP contribution is -1.93. The molecule has 12 aromatic rings. The molecular formula is C44H23N5O4S. The third-order valence-corrected chi connectivity index (χ3v) is 11.2. The third-order valence-electron chi connectivity index (χ3n) is 10.3. The van der Waals surface area contributed by atoms with Gasteiger partial charge in [-0.15, -0.1) is 31.7 Å². The number of nitrogens with zero attached hydrogens (tertiary/aromatic N) is 5. The summed E-state index contributed by atoms with van der Waals surface area (Å²) in [5, 5.41) is 24.5. The Hall–Kier alpha value is -7.30. The van der Waals surface area contributed by atoms with E-state index in [0.29, 0.717) is 11.8 Å². The fourth-order valence-electron chi connectivity index (χ4n) is 7.80. The number of rotatable bonds is 5. The smallest absolute Gasteiger partial charge is 0.247 e. The number of furan rings is 2. The van der Waals surface area contributed by atoms with Crippen LogP contribution in [0.25, 0.3) is 116 Å². The molecule has 0 saturated carbocycles. The molecule has 12 rings (SSSR count). The van der Waals surface area contributed by atoms with E-state index in [0.717, 1.165) is 93.6 Å². The lowest BCUT2D eigenvalue weighted by Gasteiger charge is -2.08. The molecule has 10 heteroatoms. The summed E-state index contributed by atoms with van der Waals surface area (Å²) in [6, 6.07) is 42.2. The van der Waals surface area contributed by atoms with Crippen LogP contribution in [0.5, 0.6) is 0 Å². The zero-order chi connectivity index (χ0) is 35.3. The van der Waals surface area contributed by atoms with Gasteiger partial charge < -0.3 is 22.2 Å². The van der Waals surface area contributed by atoms with Crippen LogP contribution in [0.4, 0.5) is 0 Å². The predicted octanol–water partition coefficient (Wildman–Crippen LogP) is 12.1. The maximum atomic E-state index is 6.40. The number of benzene rings is 6. The van der Waals surface area contributed by atoms with Gasteiger partial charge in [-0.05, 0) is 125 Å². The van der Waals surface area contributed by atoms with Gasteiger partial charge in [0.05, 0.1) is 11.0 Å². The predicted molar refractivity (Wildman–Crippen MR) is 211 cm³/mol. The molecule has 54 heavy (non-hydrogen) atoms. The van der Waals surface area contributed by atoms with Crippen LogP contribution in [0.3, 0.4) is 0 Å². The van der Waals surface area contributed by atoms with Crippen LogP contribution >= 0.6 is 11.3 Å². The molecule has 0 saturated heterocycles. The van der Waals surface area contributed by atoms with Crippen LogP contribution in [-0.4, -0.2) is 25.0 Å². The first kappa shape index (κ1) is 29.3. The van der Waals surface area contributed by atoms with Gasteiger partial charge in [-0.1, -0.05) is 18.2 Å². The van der Waals surface area contributed by atoms with Gasteiger partial charge in [0.2, 0.25) is 24.6 Å². The molecule has 6 aromatic carbocycles. The highest BCUT2D eigenvalue weighted by atomic mass is 32.1. The molecule has 0 aliphatic rings. The molecule has 0 aliphatic heterocycles. The van der Waals surface area contributed by atoms with E-state index in [-0.39, 0.29) is 0 Å². The highest BCUT2D eigenvalue weighted by Gasteiger charge is 2.19. The van der Waals surface area contributed by atoms with E-state index >= 15 is 0 Å². The zero-order valence-corrected chi connectivity index (χ0v) is 28.9. The van der Waals surface area contributed by atoms with Crippen LogP contribution in [0.1, 0.15) is 0 Å². The SMILES string of the molecule is c1csc(-c2ccc3oc4ccc(-c5ccc6oc7ccc(-n8c9ccc(-c%10nnco%10)cc9c9cc(-c%10nnco%10)ccc98)cc7c6c5)cc4c3c2)c1. The maximum Gasteiger partial charge on any atom is 0.247 e. The molecule has 0 aliphatic carbocycles. The van der Waals surface area contributed by atoms with Crippen molar-refractivity contribution in [3.8, 4) is 50.2 Å². The van der Waals surface area contributed by atoms with Crippen LogP contribution in [0.2, 0.25) is 0 Å². The number of fused-ring (bicyclic) bond motifs is 9. The highest BCUT2D eigenvalue weighted by Crippen LogP contribution is 2.40. The number of hydrogen-bond donors (Lipinski definition) is 0. The maximum absolute atomic E-state index is 6.40. The lowest BCUT2D eigenvalue weighted by molar-refractivity contribution is 0.568. The summed E-state index contributed by atoms with van der Waals surface area (Å²) in [6.07, 6.45) is 2.68. The largest absolute Gasteiger partial charge is 0.456 e. The van der Waals surface area contributed by atoms with Gasteiger partial charge in [-0.2, -0.15) is 0 Å². The Bertz CT molecular complexity index is 3300. The molecule has 6 aromatic heterocycles. The fourth-order valence-corrected chi connectivity index (χ4v) is 8.53. The van der Waals surface area contributed by atoms with Crippen molar-refractivity contribution in [2.24, 2.45) is 0 Å². The molecule has 0 radical (unpaired) electrons.